The minimum atomic E-state index is -4.46. The van der Waals surface area contributed by atoms with Gasteiger partial charge in [-0.25, -0.2) is 8.42 Å². The molecule has 20 heavy (non-hydrogen) atoms. The van der Waals surface area contributed by atoms with Crippen LogP contribution in [0.2, 0.25) is 0 Å². The van der Waals surface area contributed by atoms with Gasteiger partial charge in [-0.1, -0.05) is 0 Å². The van der Waals surface area contributed by atoms with Crippen molar-refractivity contribution in [2.75, 3.05) is 0 Å². The van der Waals surface area contributed by atoms with Gasteiger partial charge in [0.2, 0.25) is 10.0 Å². The highest BCUT2D eigenvalue weighted by Crippen LogP contribution is 2.36. The van der Waals surface area contributed by atoms with Gasteiger partial charge in [0.15, 0.2) is 0 Å². The molecule has 0 bridgehead atoms. The quantitative estimate of drug-likeness (QED) is 0.808. The van der Waals surface area contributed by atoms with Crippen LogP contribution < -0.4 is 4.72 Å². The summed E-state index contributed by atoms with van der Waals surface area (Å²) in [5.74, 6) is -1.36. The zero-order valence-corrected chi connectivity index (χ0v) is 11.6. The number of carboxylic acid groups (broad SMARTS) is 1. The maximum Gasteiger partial charge on any atom is 0.446 e. The van der Waals surface area contributed by atoms with Crippen LogP contribution in [-0.2, 0) is 14.8 Å². The van der Waals surface area contributed by atoms with Gasteiger partial charge >= 0.3 is 11.5 Å². The number of benzene rings is 1. The van der Waals surface area contributed by atoms with Crippen LogP contribution in [0.5, 0.6) is 0 Å². The van der Waals surface area contributed by atoms with Crippen molar-refractivity contribution < 1.29 is 31.5 Å². The van der Waals surface area contributed by atoms with E-state index in [9.17, 15) is 26.4 Å². The molecular formula is C10H10F3NO4S2. The van der Waals surface area contributed by atoms with Crippen LogP contribution in [0.15, 0.2) is 34.1 Å². The van der Waals surface area contributed by atoms with Crippen molar-refractivity contribution in [1.29, 1.82) is 0 Å². The molecule has 0 amide bonds. The number of hydrogen-bond donors (Lipinski definition) is 2. The van der Waals surface area contributed by atoms with E-state index in [2.05, 4.69) is 0 Å². The van der Waals surface area contributed by atoms with Crippen LogP contribution >= 0.6 is 11.8 Å². The van der Waals surface area contributed by atoms with Crippen molar-refractivity contribution in [3.05, 3.63) is 24.3 Å². The summed E-state index contributed by atoms with van der Waals surface area (Å²) in [5.41, 5.74) is -4.46. The summed E-state index contributed by atoms with van der Waals surface area (Å²) in [7, 11) is -4.09. The first-order chi connectivity index (χ1) is 9.01. The molecule has 0 radical (unpaired) electrons. The second-order valence-electron chi connectivity index (χ2n) is 3.70. The Labute approximate surface area is 117 Å². The normalized spacial score (nSPS) is 14.0. The minimum Gasteiger partial charge on any atom is -0.480 e. The van der Waals surface area contributed by atoms with Crippen molar-refractivity contribution in [3.8, 4) is 0 Å². The lowest BCUT2D eigenvalue weighted by Gasteiger charge is -2.11. The van der Waals surface area contributed by atoms with Gasteiger partial charge in [-0.2, -0.15) is 17.9 Å². The first-order valence-corrected chi connectivity index (χ1v) is 7.42. The van der Waals surface area contributed by atoms with Gasteiger partial charge in [0.1, 0.15) is 6.04 Å². The van der Waals surface area contributed by atoms with Gasteiger partial charge in [0.25, 0.3) is 0 Å². The third kappa shape index (κ3) is 5.02. The fraction of sp³-hybridized carbons (Fsp3) is 0.300. The molecule has 1 unspecified atom stereocenters. The SMILES string of the molecule is CC(NS(=O)(=O)c1ccc(SC(F)(F)F)cc1)C(=O)O. The Morgan fingerprint density at radius 3 is 2.20 bits per heavy atom. The van der Waals surface area contributed by atoms with E-state index < -0.39 is 27.5 Å². The zero-order chi connectivity index (χ0) is 15.6. The number of thioether (sulfide) groups is 1. The topological polar surface area (TPSA) is 83.5 Å². The first kappa shape index (κ1) is 16.8. The highest BCUT2D eigenvalue weighted by molar-refractivity contribution is 8.00. The van der Waals surface area contributed by atoms with Crippen molar-refractivity contribution in [2.24, 2.45) is 0 Å². The number of nitrogens with one attached hydrogen (secondary N) is 1. The third-order valence-electron chi connectivity index (χ3n) is 2.07. The van der Waals surface area contributed by atoms with Crippen molar-refractivity contribution in [1.82, 2.24) is 4.72 Å². The smallest absolute Gasteiger partial charge is 0.446 e. The average molecular weight is 329 g/mol. The maximum absolute atomic E-state index is 12.1. The summed E-state index contributed by atoms with van der Waals surface area (Å²) >= 11 is -0.370. The molecule has 112 valence electrons. The Bertz CT molecular complexity index is 584. The lowest BCUT2D eigenvalue weighted by Crippen LogP contribution is -2.38. The molecule has 0 aromatic heterocycles. The second kappa shape index (κ2) is 6.02. The fourth-order valence-corrected chi connectivity index (χ4v) is 2.91. The number of rotatable bonds is 5. The highest BCUT2D eigenvalue weighted by atomic mass is 32.2. The van der Waals surface area contributed by atoms with Gasteiger partial charge in [-0.15, -0.1) is 0 Å². The predicted molar refractivity (Wildman–Crippen MR) is 65.8 cm³/mol. The monoisotopic (exact) mass is 329 g/mol. The lowest BCUT2D eigenvalue weighted by molar-refractivity contribution is -0.138. The molecule has 2 N–H and O–H groups in total. The van der Waals surface area contributed by atoms with E-state index in [1.165, 1.54) is 0 Å². The lowest BCUT2D eigenvalue weighted by atomic mass is 10.4. The van der Waals surface area contributed by atoms with E-state index in [0.29, 0.717) is 0 Å². The number of halogens is 3. The Balaban J connectivity index is 2.90. The molecule has 0 aliphatic carbocycles. The number of carboxylic acids is 1. The third-order valence-corrected chi connectivity index (χ3v) is 4.37. The van der Waals surface area contributed by atoms with E-state index in [-0.39, 0.29) is 21.6 Å². The number of carbonyl (C=O) groups is 1. The fourth-order valence-electron chi connectivity index (χ4n) is 1.17. The van der Waals surface area contributed by atoms with Crippen molar-refractivity contribution >= 4 is 27.8 Å². The second-order valence-corrected chi connectivity index (χ2v) is 6.55. The molecule has 0 fully saturated rings. The predicted octanol–water partition coefficient (Wildman–Crippen LogP) is 2.05. The van der Waals surface area contributed by atoms with E-state index in [4.69, 9.17) is 5.11 Å². The molecule has 1 rings (SSSR count). The number of aliphatic carboxylic acids is 1. The largest absolute Gasteiger partial charge is 0.480 e. The van der Waals surface area contributed by atoms with Crippen molar-refractivity contribution in [3.63, 3.8) is 0 Å². The van der Waals surface area contributed by atoms with Crippen LogP contribution in [0.25, 0.3) is 0 Å². The van der Waals surface area contributed by atoms with Crippen molar-refractivity contribution in [2.45, 2.75) is 28.3 Å². The molecule has 0 saturated heterocycles. The summed E-state index contributed by atoms with van der Waals surface area (Å²) < 4.78 is 61.7. The summed E-state index contributed by atoms with van der Waals surface area (Å²) in [6, 6.07) is 2.61. The molecule has 0 aliphatic heterocycles. The molecule has 0 heterocycles. The molecule has 0 aliphatic rings. The summed E-state index contributed by atoms with van der Waals surface area (Å²) in [6.45, 7) is 1.13. The van der Waals surface area contributed by atoms with Crippen LogP contribution in [-0.4, -0.2) is 31.0 Å². The van der Waals surface area contributed by atoms with Crippen LogP contribution in [0, 0.1) is 0 Å². The first-order valence-electron chi connectivity index (χ1n) is 5.12. The van der Waals surface area contributed by atoms with E-state index in [0.717, 1.165) is 31.2 Å². The van der Waals surface area contributed by atoms with E-state index in [1.807, 2.05) is 4.72 Å². The van der Waals surface area contributed by atoms with Gasteiger partial charge < -0.3 is 5.11 Å². The van der Waals surface area contributed by atoms with Crippen LogP contribution in [0.3, 0.4) is 0 Å². The van der Waals surface area contributed by atoms with Crippen LogP contribution in [0.4, 0.5) is 13.2 Å². The molecular weight excluding hydrogens is 319 g/mol. The standard InChI is InChI=1S/C10H10F3NO4S2/c1-6(9(15)16)14-20(17,18)8-4-2-7(3-5-8)19-10(11,12)13/h2-6,14H,1H3,(H,15,16). The molecule has 1 aromatic carbocycles. The van der Waals surface area contributed by atoms with E-state index >= 15 is 0 Å². The maximum atomic E-state index is 12.1. The van der Waals surface area contributed by atoms with Gasteiger partial charge in [0, 0.05) is 4.90 Å². The van der Waals surface area contributed by atoms with Gasteiger partial charge in [-0.05, 0) is 43.0 Å². The number of hydrogen-bond acceptors (Lipinski definition) is 4. The summed E-state index contributed by atoms with van der Waals surface area (Å²) in [4.78, 5) is 10.1. The average Bonchev–Trinajstić information content (AvgIpc) is 2.26. The zero-order valence-electron chi connectivity index (χ0n) is 10.0. The molecule has 10 heteroatoms. The van der Waals surface area contributed by atoms with Gasteiger partial charge in [-0.3, -0.25) is 4.79 Å². The summed E-state index contributed by atoms with van der Waals surface area (Å²) in [6.07, 6.45) is 0. The van der Waals surface area contributed by atoms with Crippen LogP contribution in [0.1, 0.15) is 6.92 Å². The molecule has 1 aromatic rings. The van der Waals surface area contributed by atoms with Gasteiger partial charge in [0.05, 0.1) is 4.90 Å². The Kier molecular flexibility index (Phi) is 5.05. The number of alkyl halides is 3. The summed E-state index contributed by atoms with van der Waals surface area (Å²) in [5, 5.41) is 8.61. The minimum absolute atomic E-state index is 0.164. The highest BCUT2D eigenvalue weighted by Gasteiger charge is 2.29. The molecule has 0 spiro atoms. The molecule has 5 nitrogen and oxygen atoms in total. The Hall–Kier alpha value is -1.26. The number of sulfonamides is 1. The van der Waals surface area contributed by atoms with E-state index in [1.54, 1.807) is 0 Å². The molecule has 1 atom stereocenters. The Morgan fingerprint density at radius 2 is 1.80 bits per heavy atom. The Morgan fingerprint density at radius 1 is 1.30 bits per heavy atom. The molecule has 0 saturated carbocycles.